The largest absolute Gasteiger partial charge is 0.493 e. The Morgan fingerprint density at radius 2 is 1.45 bits per heavy atom. The zero-order valence-electron chi connectivity index (χ0n) is 16.7. The highest BCUT2D eigenvalue weighted by atomic mass is 79.9. The molecule has 0 spiro atoms. The lowest BCUT2D eigenvalue weighted by Crippen LogP contribution is -2.54. The Morgan fingerprint density at radius 1 is 0.966 bits per heavy atom. The summed E-state index contributed by atoms with van der Waals surface area (Å²) in [5.74, 6) is 1.81. The monoisotopic (exact) mass is 469 g/mol. The van der Waals surface area contributed by atoms with E-state index in [-0.39, 0.29) is 0 Å². The summed E-state index contributed by atoms with van der Waals surface area (Å²) >= 11 is 3.68. The van der Waals surface area contributed by atoms with Crippen LogP contribution in [0.1, 0.15) is 37.7 Å². The molecular formula is C21H28BrNO6. The summed E-state index contributed by atoms with van der Waals surface area (Å²) in [7, 11) is 3.37. The van der Waals surface area contributed by atoms with Crippen LogP contribution in [-0.2, 0) is 16.1 Å². The lowest BCUT2D eigenvalue weighted by molar-refractivity contribution is -0.159. The first-order valence-electron chi connectivity index (χ1n) is 9.92. The summed E-state index contributed by atoms with van der Waals surface area (Å²) in [4.78, 5) is 18.2. The van der Waals surface area contributed by atoms with E-state index in [1.807, 2.05) is 6.07 Å². The highest BCUT2D eigenvalue weighted by molar-refractivity contribution is 9.10. The summed E-state index contributed by atoms with van der Waals surface area (Å²) in [5.41, 5.74) is 1.25. The molecule has 0 amide bonds. The first kappa shape index (κ1) is 21.9. The number of halogens is 1. The third-order valence-electron chi connectivity index (χ3n) is 6.49. The van der Waals surface area contributed by atoms with Gasteiger partial charge in [-0.3, -0.25) is 0 Å². The number of ether oxygens (including phenoxy) is 2. The van der Waals surface area contributed by atoms with Crippen molar-refractivity contribution in [1.82, 2.24) is 5.32 Å². The zero-order chi connectivity index (χ0) is 21.1. The topological polar surface area (TPSA) is 105 Å². The molecule has 4 fully saturated rings. The van der Waals surface area contributed by atoms with Crippen molar-refractivity contribution in [2.45, 2.75) is 44.7 Å². The third kappa shape index (κ3) is 5.04. The molecular weight excluding hydrogens is 442 g/mol. The van der Waals surface area contributed by atoms with Gasteiger partial charge in [-0.25, -0.2) is 9.59 Å². The molecule has 4 aliphatic rings. The van der Waals surface area contributed by atoms with Gasteiger partial charge >= 0.3 is 11.9 Å². The van der Waals surface area contributed by atoms with Crippen LogP contribution in [0.2, 0.25) is 0 Å². The van der Waals surface area contributed by atoms with Crippen molar-refractivity contribution in [3.63, 3.8) is 0 Å². The molecule has 160 valence electrons. The quantitative estimate of drug-likeness (QED) is 0.566. The average Bonchev–Trinajstić information content (AvgIpc) is 2.68. The summed E-state index contributed by atoms with van der Waals surface area (Å²) in [6.07, 6.45) is 7.34. The van der Waals surface area contributed by atoms with Crippen molar-refractivity contribution in [2.24, 2.45) is 23.7 Å². The van der Waals surface area contributed by atoms with Gasteiger partial charge in [0, 0.05) is 17.1 Å². The maximum absolute atomic E-state index is 9.10. The summed E-state index contributed by atoms with van der Waals surface area (Å²) in [6.45, 7) is 0.897. The Hall–Kier alpha value is -1.80. The van der Waals surface area contributed by atoms with E-state index in [1.54, 1.807) is 14.2 Å². The molecule has 8 heteroatoms. The van der Waals surface area contributed by atoms with Gasteiger partial charge in [-0.05, 0) is 73.5 Å². The zero-order valence-corrected chi connectivity index (χ0v) is 18.3. The fraction of sp³-hybridized carbons (Fsp3) is 0.619. The van der Waals surface area contributed by atoms with Gasteiger partial charge in [0.1, 0.15) is 0 Å². The molecule has 0 heterocycles. The highest BCUT2D eigenvalue weighted by Gasteiger charge is 2.47. The predicted molar refractivity (Wildman–Crippen MR) is 110 cm³/mol. The van der Waals surface area contributed by atoms with Crippen molar-refractivity contribution in [2.75, 3.05) is 14.2 Å². The second kappa shape index (κ2) is 9.34. The Morgan fingerprint density at radius 3 is 1.90 bits per heavy atom. The van der Waals surface area contributed by atoms with E-state index in [0.717, 1.165) is 46.2 Å². The fourth-order valence-corrected chi connectivity index (χ4v) is 5.98. The molecule has 0 saturated heterocycles. The number of carboxylic acids is 2. The molecule has 5 rings (SSSR count). The van der Waals surface area contributed by atoms with Crippen molar-refractivity contribution in [1.29, 1.82) is 0 Å². The van der Waals surface area contributed by atoms with Crippen LogP contribution < -0.4 is 14.8 Å². The van der Waals surface area contributed by atoms with E-state index in [0.29, 0.717) is 6.04 Å². The summed E-state index contributed by atoms with van der Waals surface area (Å²) in [6, 6.07) is 4.81. The van der Waals surface area contributed by atoms with Crippen LogP contribution in [0, 0.1) is 23.7 Å². The lowest BCUT2D eigenvalue weighted by Gasteiger charge is -2.54. The Kier molecular flexibility index (Phi) is 7.05. The fourth-order valence-electron chi connectivity index (χ4n) is 5.52. The summed E-state index contributed by atoms with van der Waals surface area (Å²) < 4.78 is 11.9. The minimum absolute atomic E-state index is 0.711. The van der Waals surface area contributed by atoms with E-state index in [2.05, 4.69) is 27.3 Å². The van der Waals surface area contributed by atoms with Gasteiger partial charge < -0.3 is 25.0 Å². The average molecular weight is 470 g/mol. The van der Waals surface area contributed by atoms with Crippen molar-refractivity contribution < 1.29 is 29.3 Å². The molecule has 0 radical (unpaired) electrons. The van der Waals surface area contributed by atoms with Crippen molar-refractivity contribution in [3.8, 4) is 11.5 Å². The Labute approximate surface area is 178 Å². The number of nitrogens with one attached hydrogen (secondary N) is 1. The Balaban J connectivity index is 0.000000353. The molecule has 3 N–H and O–H groups in total. The van der Waals surface area contributed by atoms with Crippen molar-refractivity contribution in [3.05, 3.63) is 22.2 Å². The number of carboxylic acid groups (broad SMARTS) is 2. The molecule has 0 aromatic heterocycles. The van der Waals surface area contributed by atoms with Crippen LogP contribution in [0.4, 0.5) is 0 Å². The van der Waals surface area contributed by atoms with E-state index in [1.165, 1.54) is 37.7 Å². The van der Waals surface area contributed by atoms with Crippen LogP contribution in [0.15, 0.2) is 16.6 Å². The number of aliphatic carboxylic acids is 2. The van der Waals surface area contributed by atoms with Crippen LogP contribution in [0.3, 0.4) is 0 Å². The van der Waals surface area contributed by atoms with Gasteiger partial charge in [0.25, 0.3) is 0 Å². The molecule has 0 atom stereocenters. The number of rotatable bonds is 5. The molecule has 4 bridgehead atoms. The van der Waals surface area contributed by atoms with Crippen LogP contribution >= 0.6 is 15.9 Å². The van der Waals surface area contributed by atoms with E-state index in [9.17, 15) is 0 Å². The second-order valence-corrected chi connectivity index (χ2v) is 9.10. The third-order valence-corrected chi connectivity index (χ3v) is 7.23. The number of carbonyl (C=O) groups is 2. The van der Waals surface area contributed by atoms with Crippen LogP contribution in [0.5, 0.6) is 11.5 Å². The summed E-state index contributed by atoms with van der Waals surface area (Å²) in [5, 5.41) is 18.7. The number of hydrogen-bond donors (Lipinski definition) is 3. The van der Waals surface area contributed by atoms with E-state index < -0.39 is 11.9 Å². The van der Waals surface area contributed by atoms with Gasteiger partial charge in [-0.2, -0.15) is 0 Å². The normalized spacial score (nSPS) is 29.0. The van der Waals surface area contributed by atoms with Gasteiger partial charge in [-0.1, -0.05) is 15.9 Å². The van der Waals surface area contributed by atoms with Gasteiger partial charge in [0.2, 0.25) is 0 Å². The molecule has 0 unspecified atom stereocenters. The van der Waals surface area contributed by atoms with Gasteiger partial charge in [-0.15, -0.1) is 0 Å². The molecule has 4 aliphatic carbocycles. The SMILES string of the molecule is COc1cc(Br)c(CNC2C3CC4CC(C3)CC2C4)cc1OC.O=C(O)C(=O)O. The first-order chi connectivity index (χ1) is 13.8. The second-order valence-electron chi connectivity index (χ2n) is 8.25. The maximum atomic E-state index is 9.10. The smallest absolute Gasteiger partial charge is 0.414 e. The Bertz CT molecular complexity index is 728. The molecule has 4 saturated carbocycles. The number of hydrogen-bond acceptors (Lipinski definition) is 5. The first-order valence-corrected chi connectivity index (χ1v) is 10.7. The highest BCUT2D eigenvalue weighted by Crippen LogP contribution is 2.53. The van der Waals surface area contributed by atoms with Gasteiger partial charge in [0.05, 0.1) is 14.2 Å². The van der Waals surface area contributed by atoms with Crippen LogP contribution in [0.25, 0.3) is 0 Å². The van der Waals surface area contributed by atoms with E-state index in [4.69, 9.17) is 29.3 Å². The molecule has 29 heavy (non-hydrogen) atoms. The standard InChI is InChI=1S/C19H26BrNO2.C2H2O4/c1-22-17-8-15(16(20)9-18(17)23-2)10-21-19-13-4-11-3-12(6-13)7-14(19)5-11;3-1(4)2(5)6/h8-9,11-14,19,21H,3-7,10H2,1-2H3;(H,3,4)(H,5,6). The van der Waals surface area contributed by atoms with Crippen molar-refractivity contribution >= 4 is 27.9 Å². The lowest BCUT2D eigenvalue weighted by atomic mass is 9.54. The number of methoxy groups -OCH3 is 2. The van der Waals surface area contributed by atoms with E-state index >= 15 is 0 Å². The molecule has 1 aromatic carbocycles. The van der Waals surface area contributed by atoms with Gasteiger partial charge in [0.15, 0.2) is 11.5 Å². The maximum Gasteiger partial charge on any atom is 0.414 e. The molecule has 1 aromatic rings. The van der Waals surface area contributed by atoms with Crippen LogP contribution in [-0.4, -0.2) is 42.4 Å². The predicted octanol–water partition coefficient (Wildman–Crippen LogP) is 3.54. The number of benzene rings is 1. The minimum atomic E-state index is -1.82. The molecule has 7 nitrogen and oxygen atoms in total. The minimum Gasteiger partial charge on any atom is -0.493 e. The molecule has 0 aliphatic heterocycles.